The predicted molar refractivity (Wildman–Crippen MR) is 132 cm³/mol. The van der Waals surface area contributed by atoms with E-state index in [-0.39, 0.29) is 12.3 Å². The van der Waals surface area contributed by atoms with Crippen LogP contribution in [0.5, 0.6) is 0 Å². The fourth-order valence-electron chi connectivity index (χ4n) is 3.74. The van der Waals surface area contributed by atoms with Gasteiger partial charge in [-0.25, -0.2) is 0 Å². The van der Waals surface area contributed by atoms with Gasteiger partial charge in [-0.3, -0.25) is 14.5 Å². The van der Waals surface area contributed by atoms with Crippen molar-refractivity contribution in [1.82, 2.24) is 19.2 Å². The van der Waals surface area contributed by atoms with Gasteiger partial charge in [0.1, 0.15) is 0 Å². The third-order valence-electron chi connectivity index (χ3n) is 5.37. The Balaban J connectivity index is 1.36. The predicted octanol–water partition coefficient (Wildman–Crippen LogP) is 5.89. The van der Waals surface area contributed by atoms with Gasteiger partial charge in [-0.2, -0.15) is 5.10 Å². The minimum Gasteiger partial charge on any atom is -0.326 e. The Morgan fingerprint density at radius 3 is 2.55 bits per heavy atom. The molecule has 0 atom stereocenters. The van der Waals surface area contributed by atoms with E-state index >= 15 is 0 Å². The monoisotopic (exact) mass is 475 g/mol. The second kappa shape index (κ2) is 8.73. The maximum absolute atomic E-state index is 12.5. The number of amides is 1. The van der Waals surface area contributed by atoms with Crippen molar-refractivity contribution in [2.75, 3.05) is 5.32 Å². The first kappa shape index (κ1) is 21.2. The normalized spacial score (nSPS) is 11.1. The number of nitrogens with zero attached hydrogens (tertiary/aromatic N) is 4. The summed E-state index contributed by atoms with van der Waals surface area (Å²) in [6.45, 7) is 0. The number of hydrogen-bond donors (Lipinski definition) is 1. The van der Waals surface area contributed by atoms with E-state index in [0.717, 1.165) is 33.5 Å². The molecule has 1 amide bonds. The van der Waals surface area contributed by atoms with E-state index < -0.39 is 0 Å². The van der Waals surface area contributed by atoms with E-state index in [2.05, 4.69) is 32.1 Å². The van der Waals surface area contributed by atoms with Crippen LogP contribution in [0.1, 0.15) is 5.56 Å². The van der Waals surface area contributed by atoms with Gasteiger partial charge in [0.25, 0.3) is 0 Å². The smallest absolute Gasteiger partial charge is 0.228 e. The summed E-state index contributed by atoms with van der Waals surface area (Å²) in [5.41, 5.74) is 6.35. The second-order valence-corrected chi connectivity index (χ2v) is 8.58. The van der Waals surface area contributed by atoms with Crippen molar-refractivity contribution in [3.63, 3.8) is 0 Å². The molecule has 2 aromatic carbocycles. The number of aryl methyl sites for hydroxylation is 1. The van der Waals surface area contributed by atoms with Gasteiger partial charge in [0.15, 0.2) is 0 Å². The largest absolute Gasteiger partial charge is 0.326 e. The van der Waals surface area contributed by atoms with Crippen LogP contribution >= 0.6 is 23.2 Å². The molecule has 0 aliphatic rings. The Hall–Kier alpha value is -3.61. The molecule has 8 heteroatoms. The van der Waals surface area contributed by atoms with Crippen molar-refractivity contribution in [2.24, 2.45) is 7.05 Å². The van der Waals surface area contributed by atoms with Crippen molar-refractivity contribution in [3.05, 3.63) is 95.1 Å². The van der Waals surface area contributed by atoms with Gasteiger partial charge in [0.2, 0.25) is 5.91 Å². The molecule has 3 aromatic heterocycles. The molecular weight excluding hydrogens is 457 g/mol. The zero-order valence-electron chi connectivity index (χ0n) is 17.7. The topological polar surface area (TPSA) is 64.2 Å². The van der Waals surface area contributed by atoms with Crippen molar-refractivity contribution in [3.8, 4) is 22.4 Å². The SMILES string of the molecule is Cn1cc(-c2cc3c(-c4ccc(NC(=O)Cc5ccc(Cl)cc5Cl)cc4)nccn3c2)cn1. The number of anilines is 1. The van der Waals surface area contributed by atoms with Crippen molar-refractivity contribution >= 4 is 40.3 Å². The fourth-order valence-corrected chi connectivity index (χ4v) is 4.22. The molecule has 0 saturated carbocycles. The summed E-state index contributed by atoms with van der Waals surface area (Å²) in [5.74, 6) is -0.153. The molecule has 0 aliphatic carbocycles. The van der Waals surface area contributed by atoms with Crippen LogP contribution in [0, 0.1) is 0 Å². The first-order valence-electron chi connectivity index (χ1n) is 10.3. The summed E-state index contributed by atoms with van der Waals surface area (Å²) in [5, 5.41) is 8.18. The standard InChI is InChI=1S/C25H19Cl2N5O/c1-31-14-19(13-29-31)18-10-23-25(28-8-9-32(23)15-18)16-3-6-21(7-4-16)30-24(33)11-17-2-5-20(26)12-22(17)27/h2-10,12-15H,11H2,1H3,(H,30,33). The highest BCUT2D eigenvalue weighted by atomic mass is 35.5. The maximum Gasteiger partial charge on any atom is 0.228 e. The van der Waals surface area contributed by atoms with Crippen LogP contribution in [0.3, 0.4) is 0 Å². The van der Waals surface area contributed by atoms with E-state index in [1.54, 1.807) is 29.1 Å². The number of rotatable bonds is 5. The fraction of sp³-hybridized carbons (Fsp3) is 0.0800. The lowest BCUT2D eigenvalue weighted by molar-refractivity contribution is -0.115. The van der Waals surface area contributed by atoms with Crippen LogP contribution in [0.25, 0.3) is 27.9 Å². The quantitative estimate of drug-likeness (QED) is 0.344. The van der Waals surface area contributed by atoms with Gasteiger partial charge in [-0.05, 0) is 35.9 Å². The lowest BCUT2D eigenvalue weighted by atomic mass is 10.1. The molecular formula is C25H19Cl2N5O. The molecule has 5 aromatic rings. The zero-order valence-corrected chi connectivity index (χ0v) is 19.2. The number of nitrogens with one attached hydrogen (secondary N) is 1. The number of hydrogen-bond acceptors (Lipinski definition) is 3. The Labute approximate surface area is 200 Å². The van der Waals surface area contributed by atoms with Gasteiger partial charge < -0.3 is 9.72 Å². The van der Waals surface area contributed by atoms with Crippen molar-refractivity contribution in [2.45, 2.75) is 6.42 Å². The van der Waals surface area contributed by atoms with Crippen LogP contribution in [0.4, 0.5) is 5.69 Å². The number of fused-ring (bicyclic) bond motifs is 1. The lowest BCUT2D eigenvalue weighted by Gasteiger charge is -2.09. The van der Waals surface area contributed by atoms with E-state index in [0.29, 0.717) is 15.7 Å². The molecule has 33 heavy (non-hydrogen) atoms. The maximum atomic E-state index is 12.5. The van der Waals surface area contributed by atoms with E-state index in [4.69, 9.17) is 23.2 Å². The highest BCUT2D eigenvalue weighted by Crippen LogP contribution is 2.29. The summed E-state index contributed by atoms with van der Waals surface area (Å²) in [4.78, 5) is 17.1. The van der Waals surface area contributed by atoms with Gasteiger partial charge in [-0.1, -0.05) is 41.4 Å². The molecule has 164 valence electrons. The molecule has 0 unspecified atom stereocenters. The van der Waals surface area contributed by atoms with Crippen LogP contribution < -0.4 is 5.32 Å². The zero-order chi connectivity index (χ0) is 22.9. The third kappa shape index (κ3) is 4.49. The minimum absolute atomic E-state index is 0.153. The summed E-state index contributed by atoms with van der Waals surface area (Å²) in [6.07, 6.45) is 9.76. The molecule has 1 N–H and O–H groups in total. The number of carbonyl (C=O) groups excluding carboxylic acids is 1. The highest BCUT2D eigenvalue weighted by molar-refractivity contribution is 6.35. The van der Waals surface area contributed by atoms with Crippen LogP contribution in [-0.2, 0) is 18.3 Å². The Morgan fingerprint density at radius 1 is 1.00 bits per heavy atom. The molecule has 3 heterocycles. The lowest BCUT2D eigenvalue weighted by Crippen LogP contribution is -2.14. The first-order valence-corrected chi connectivity index (χ1v) is 11.0. The van der Waals surface area contributed by atoms with Gasteiger partial charge >= 0.3 is 0 Å². The number of benzene rings is 2. The molecule has 0 aliphatic heterocycles. The molecule has 0 saturated heterocycles. The number of carbonyl (C=O) groups is 1. The van der Waals surface area contributed by atoms with Crippen molar-refractivity contribution in [1.29, 1.82) is 0 Å². The number of halogens is 2. The average molecular weight is 476 g/mol. The highest BCUT2D eigenvalue weighted by Gasteiger charge is 2.12. The second-order valence-electron chi connectivity index (χ2n) is 7.74. The Bertz CT molecular complexity index is 1470. The van der Waals surface area contributed by atoms with E-state index in [9.17, 15) is 4.79 Å². The van der Waals surface area contributed by atoms with Gasteiger partial charge in [0.05, 0.1) is 23.8 Å². The van der Waals surface area contributed by atoms with Crippen LogP contribution in [0.15, 0.2) is 79.5 Å². The van der Waals surface area contributed by atoms with Crippen molar-refractivity contribution < 1.29 is 4.79 Å². The third-order valence-corrected chi connectivity index (χ3v) is 5.96. The molecule has 0 fully saturated rings. The molecule has 0 bridgehead atoms. The molecule has 5 rings (SSSR count). The van der Waals surface area contributed by atoms with Gasteiger partial charge in [-0.15, -0.1) is 0 Å². The van der Waals surface area contributed by atoms with E-state index in [1.807, 2.05) is 49.9 Å². The van der Waals surface area contributed by atoms with Gasteiger partial charge in [0, 0.05) is 64.3 Å². The summed E-state index contributed by atoms with van der Waals surface area (Å²) in [6, 6.07) is 14.9. The van der Waals surface area contributed by atoms with Crippen LogP contribution in [-0.4, -0.2) is 25.1 Å². The summed E-state index contributed by atoms with van der Waals surface area (Å²) >= 11 is 12.1. The first-order chi connectivity index (χ1) is 16.0. The Kier molecular flexibility index (Phi) is 5.62. The molecule has 0 spiro atoms. The average Bonchev–Trinajstić information content (AvgIpc) is 3.42. The van der Waals surface area contributed by atoms with Crippen LogP contribution in [0.2, 0.25) is 10.0 Å². The van der Waals surface area contributed by atoms with E-state index in [1.165, 1.54) is 0 Å². The minimum atomic E-state index is -0.153. The summed E-state index contributed by atoms with van der Waals surface area (Å²) < 4.78 is 3.83. The molecule has 0 radical (unpaired) electrons. The Morgan fingerprint density at radius 2 is 1.82 bits per heavy atom. The number of aromatic nitrogens is 4. The molecule has 6 nitrogen and oxygen atoms in total. The summed E-state index contributed by atoms with van der Waals surface area (Å²) in [7, 11) is 1.90.